The molecule has 0 saturated carbocycles. The lowest BCUT2D eigenvalue weighted by atomic mass is 9.99. The van der Waals surface area contributed by atoms with Crippen molar-refractivity contribution in [2.75, 3.05) is 25.0 Å². The first-order valence-electron chi connectivity index (χ1n) is 5.67. The number of amides is 1. The third-order valence-corrected chi connectivity index (χ3v) is 3.17. The van der Waals surface area contributed by atoms with Gasteiger partial charge in [-0.1, -0.05) is 5.21 Å². The highest BCUT2D eigenvalue weighted by molar-refractivity contribution is 5.86. The highest BCUT2D eigenvalue weighted by Crippen LogP contribution is 2.27. The second-order valence-corrected chi connectivity index (χ2v) is 4.30. The van der Waals surface area contributed by atoms with Gasteiger partial charge < -0.3 is 10.2 Å². The van der Waals surface area contributed by atoms with E-state index in [1.807, 2.05) is 4.90 Å². The third kappa shape index (κ3) is 1.49. The van der Waals surface area contributed by atoms with E-state index in [9.17, 15) is 4.79 Å². The van der Waals surface area contributed by atoms with E-state index in [-0.39, 0.29) is 11.8 Å². The van der Waals surface area contributed by atoms with Crippen LogP contribution in [0.4, 0.5) is 5.82 Å². The quantitative estimate of drug-likeness (QED) is 0.727. The number of carbonyl (C=O) groups is 1. The van der Waals surface area contributed by atoms with E-state index in [1.165, 1.54) is 6.33 Å². The number of hydrogen-bond acceptors (Lipinski definition) is 6. The lowest BCUT2D eigenvalue weighted by Crippen LogP contribution is -2.53. The van der Waals surface area contributed by atoms with Gasteiger partial charge in [0.2, 0.25) is 5.91 Å². The summed E-state index contributed by atoms with van der Waals surface area (Å²) in [6.07, 6.45) is 1.49. The molecule has 2 aromatic rings. The summed E-state index contributed by atoms with van der Waals surface area (Å²) >= 11 is 0. The largest absolute Gasteiger partial charge is 0.359 e. The van der Waals surface area contributed by atoms with E-state index in [2.05, 4.69) is 25.6 Å². The van der Waals surface area contributed by atoms with E-state index in [0.717, 1.165) is 5.82 Å². The molecule has 18 heavy (non-hydrogen) atoms. The van der Waals surface area contributed by atoms with Crippen LogP contribution >= 0.6 is 0 Å². The number of carbonyl (C=O) groups excluding carboxylic acids is 1. The number of anilines is 1. The van der Waals surface area contributed by atoms with Crippen molar-refractivity contribution in [2.24, 2.45) is 13.0 Å². The molecule has 3 rings (SSSR count). The van der Waals surface area contributed by atoms with Crippen LogP contribution in [0, 0.1) is 5.92 Å². The summed E-state index contributed by atoms with van der Waals surface area (Å²) in [5.41, 5.74) is 1.37. The molecular weight excluding hydrogens is 234 g/mol. The van der Waals surface area contributed by atoms with Crippen molar-refractivity contribution in [3.05, 3.63) is 6.33 Å². The van der Waals surface area contributed by atoms with Crippen LogP contribution in [0.25, 0.3) is 11.2 Å². The minimum Gasteiger partial charge on any atom is -0.359 e. The fourth-order valence-electron chi connectivity index (χ4n) is 2.09. The molecule has 0 aliphatic carbocycles. The number of aryl methyl sites for hydroxylation is 1. The first kappa shape index (κ1) is 10.9. The molecule has 1 saturated heterocycles. The minimum absolute atomic E-state index is 0.0247. The topological polar surface area (TPSA) is 88.8 Å². The van der Waals surface area contributed by atoms with Crippen LogP contribution in [0.1, 0.15) is 0 Å². The molecule has 2 aromatic heterocycles. The lowest BCUT2D eigenvalue weighted by molar-refractivity contribution is -0.125. The SMILES string of the molecule is CNC(=O)C1CN(c2ncnc3c2nnn3C)C1. The average Bonchev–Trinajstić information content (AvgIpc) is 2.70. The number of rotatable bonds is 2. The predicted octanol–water partition coefficient (Wildman–Crippen LogP) is -1.06. The molecule has 0 spiro atoms. The Morgan fingerprint density at radius 1 is 1.44 bits per heavy atom. The molecule has 1 fully saturated rings. The Labute approximate surface area is 103 Å². The number of nitrogens with zero attached hydrogens (tertiary/aromatic N) is 6. The molecule has 1 amide bonds. The summed E-state index contributed by atoms with van der Waals surface area (Å²) in [4.78, 5) is 21.8. The van der Waals surface area contributed by atoms with E-state index < -0.39 is 0 Å². The highest BCUT2D eigenvalue weighted by Gasteiger charge is 2.34. The van der Waals surface area contributed by atoms with E-state index in [1.54, 1.807) is 18.8 Å². The fourth-order valence-corrected chi connectivity index (χ4v) is 2.09. The van der Waals surface area contributed by atoms with Crippen molar-refractivity contribution in [1.82, 2.24) is 30.3 Å². The smallest absolute Gasteiger partial charge is 0.226 e. The number of fused-ring (bicyclic) bond motifs is 1. The number of hydrogen-bond donors (Lipinski definition) is 1. The first-order valence-corrected chi connectivity index (χ1v) is 5.67. The summed E-state index contributed by atoms with van der Waals surface area (Å²) < 4.78 is 1.61. The van der Waals surface area contributed by atoms with Crippen molar-refractivity contribution >= 4 is 22.9 Å². The normalized spacial score (nSPS) is 15.8. The molecule has 1 N–H and O–H groups in total. The molecule has 0 bridgehead atoms. The maximum absolute atomic E-state index is 11.4. The zero-order valence-electron chi connectivity index (χ0n) is 10.2. The Hall–Kier alpha value is -2.25. The molecule has 0 unspecified atom stereocenters. The summed E-state index contributed by atoms with van der Waals surface area (Å²) in [6.45, 7) is 1.31. The zero-order chi connectivity index (χ0) is 12.7. The number of aromatic nitrogens is 5. The molecule has 0 radical (unpaired) electrons. The predicted molar refractivity (Wildman–Crippen MR) is 63.9 cm³/mol. The Morgan fingerprint density at radius 2 is 2.22 bits per heavy atom. The van der Waals surface area contributed by atoms with Gasteiger partial charge >= 0.3 is 0 Å². The van der Waals surface area contributed by atoms with E-state index in [0.29, 0.717) is 24.3 Å². The van der Waals surface area contributed by atoms with Crippen molar-refractivity contribution in [2.45, 2.75) is 0 Å². The molecule has 94 valence electrons. The molecular formula is C10H13N7O. The second kappa shape index (κ2) is 3.90. The van der Waals surface area contributed by atoms with Gasteiger partial charge in [-0.25, -0.2) is 14.6 Å². The lowest BCUT2D eigenvalue weighted by Gasteiger charge is -2.38. The maximum Gasteiger partial charge on any atom is 0.226 e. The van der Waals surface area contributed by atoms with Crippen molar-refractivity contribution in [1.29, 1.82) is 0 Å². The van der Waals surface area contributed by atoms with E-state index >= 15 is 0 Å². The van der Waals surface area contributed by atoms with Gasteiger partial charge in [0.1, 0.15) is 6.33 Å². The summed E-state index contributed by atoms with van der Waals surface area (Å²) in [5.74, 6) is 0.834. The van der Waals surface area contributed by atoms with Gasteiger partial charge in [-0.3, -0.25) is 4.79 Å². The Kier molecular flexibility index (Phi) is 2.35. The highest BCUT2D eigenvalue weighted by atomic mass is 16.1. The van der Waals surface area contributed by atoms with Gasteiger partial charge in [0, 0.05) is 27.2 Å². The van der Waals surface area contributed by atoms with Gasteiger partial charge in [-0.2, -0.15) is 0 Å². The second-order valence-electron chi connectivity index (χ2n) is 4.30. The van der Waals surface area contributed by atoms with Crippen molar-refractivity contribution in [3.63, 3.8) is 0 Å². The van der Waals surface area contributed by atoms with Gasteiger partial charge in [0.15, 0.2) is 17.0 Å². The van der Waals surface area contributed by atoms with Crippen LogP contribution in [-0.4, -0.2) is 51.0 Å². The monoisotopic (exact) mass is 247 g/mol. The summed E-state index contributed by atoms with van der Waals surface area (Å²) in [7, 11) is 3.44. The molecule has 0 atom stereocenters. The Bertz CT molecular complexity index is 601. The first-order chi connectivity index (χ1) is 8.70. The third-order valence-electron chi connectivity index (χ3n) is 3.17. The van der Waals surface area contributed by atoms with Gasteiger partial charge in [0.25, 0.3) is 0 Å². The molecule has 8 nitrogen and oxygen atoms in total. The van der Waals surface area contributed by atoms with Gasteiger partial charge in [0.05, 0.1) is 5.92 Å². The molecule has 1 aliphatic heterocycles. The molecule has 3 heterocycles. The molecule has 0 aromatic carbocycles. The van der Waals surface area contributed by atoms with Crippen LogP contribution in [0.2, 0.25) is 0 Å². The molecule has 8 heteroatoms. The van der Waals surface area contributed by atoms with E-state index in [4.69, 9.17) is 0 Å². The fraction of sp³-hybridized carbons (Fsp3) is 0.500. The summed E-state index contributed by atoms with van der Waals surface area (Å²) in [6, 6.07) is 0. The Morgan fingerprint density at radius 3 is 2.94 bits per heavy atom. The standard InChI is InChI=1S/C10H13N7O/c1-11-10(18)6-3-17(4-6)9-7-8(12-5-13-9)16(2)15-14-7/h5-6H,3-4H2,1-2H3,(H,11,18). The van der Waals surface area contributed by atoms with Crippen molar-refractivity contribution < 1.29 is 4.79 Å². The zero-order valence-corrected chi connectivity index (χ0v) is 10.2. The van der Waals surface area contributed by atoms with Crippen LogP contribution in [-0.2, 0) is 11.8 Å². The minimum atomic E-state index is 0.0247. The number of nitrogens with one attached hydrogen (secondary N) is 1. The van der Waals surface area contributed by atoms with Crippen LogP contribution < -0.4 is 10.2 Å². The Balaban J connectivity index is 1.87. The maximum atomic E-state index is 11.4. The average molecular weight is 247 g/mol. The van der Waals surface area contributed by atoms with Crippen LogP contribution in [0.3, 0.4) is 0 Å². The van der Waals surface area contributed by atoms with Crippen molar-refractivity contribution in [3.8, 4) is 0 Å². The summed E-state index contributed by atoms with van der Waals surface area (Å²) in [5, 5.41) is 10.6. The van der Waals surface area contributed by atoms with Gasteiger partial charge in [-0.15, -0.1) is 5.10 Å². The van der Waals surface area contributed by atoms with Crippen LogP contribution in [0.5, 0.6) is 0 Å². The van der Waals surface area contributed by atoms with Gasteiger partial charge in [-0.05, 0) is 0 Å². The van der Waals surface area contributed by atoms with Crippen LogP contribution in [0.15, 0.2) is 6.33 Å². The molecule has 1 aliphatic rings.